The lowest BCUT2D eigenvalue weighted by Gasteiger charge is -2.41. The highest BCUT2D eigenvalue weighted by atomic mass is 16.2. The second-order valence-electron chi connectivity index (χ2n) is 7.46. The second kappa shape index (κ2) is 8.08. The Morgan fingerprint density at radius 1 is 1.11 bits per heavy atom. The van der Waals surface area contributed by atoms with Crippen LogP contribution >= 0.6 is 0 Å². The number of benzene rings is 1. The van der Waals surface area contributed by atoms with E-state index >= 15 is 0 Å². The molecule has 1 aromatic rings. The minimum atomic E-state index is -0.485. The summed E-state index contributed by atoms with van der Waals surface area (Å²) in [4.78, 5) is 44.4. The van der Waals surface area contributed by atoms with Gasteiger partial charge in [0.05, 0.1) is 6.54 Å². The fraction of sp³-hybridized carbons (Fsp3) is 0.550. The fourth-order valence-corrected chi connectivity index (χ4v) is 3.88. The molecule has 7 heteroatoms. The molecule has 1 aromatic carbocycles. The number of carbonyl (C=O) groups is 3. The third-order valence-corrected chi connectivity index (χ3v) is 5.41. The van der Waals surface area contributed by atoms with E-state index in [4.69, 9.17) is 0 Å². The summed E-state index contributed by atoms with van der Waals surface area (Å²) in [6.07, 6.45) is 1.93. The monoisotopic (exact) mass is 372 g/mol. The van der Waals surface area contributed by atoms with Crippen molar-refractivity contribution in [3.8, 4) is 0 Å². The maximum Gasteiger partial charge on any atom is 0.241 e. The van der Waals surface area contributed by atoms with Crippen molar-refractivity contribution < 1.29 is 14.4 Å². The van der Waals surface area contributed by atoms with Crippen molar-refractivity contribution in [2.75, 3.05) is 51.7 Å². The summed E-state index contributed by atoms with van der Waals surface area (Å²) in [7, 11) is 3.41. The summed E-state index contributed by atoms with van der Waals surface area (Å²) in [6, 6.07) is 7.52. The van der Waals surface area contributed by atoms with Crippen molar-refractivity contribution in [2.24, 2.45) is 0 Å². The molecule has 0 radical (unpaired) electrons. The minimum Gasteiger partial charge on any atom is -0.347 e. The van der Waals surface area contributed by atoms with E-state index in [0.29, 0.717) is 26.2 Å². The summed E-state index contributed by atoms with van der Waals surface area (Å²) in [6.45, 7) is 3.79. The average Bonchev–Trinajstić information content (AvgIpc) is 2.66. The summed E-state index contributed by atoms with van der Waals surface area (Å²) >= 11 is 0. The van der Waals surface area contributed by atoms with Gasteiger partial charge in [0.25, 0.3) is 0 Å². The Labute approximate surface area is 160 Å². The van der Waals surface area contributed by atoms with Gasteiger partial charge in [-0.3, -0.25) is 19.3 Å². The van der Waals surface area contributed by atoms with Crippen LogP contribution in [-0.2, 0) is 20.8 Å². The van der Waals surface area contributed by atoms with Crippen molar-refractivity contribution in [3.63, 3.8) is 0 Å². The zero-order chi connectivity index (χ0) is 19.6. The maximum absolute atomic E-state index is 13.1. The van der Waals surface area contributed by atoms with E-state index in [1.807, 2.05) is 28.0 Å². The molecule has 2 heterocycles. The Hall–Kier alpha value is -2.41. The second-order valence-corrected chi connectivity index (χ2v) is 7.46. The van der Waals surface area contributed by atoms with Gasteiger partial charge in [-0.15, -0.1) is 0 Å². The summed E-state index contributed by atoms with van der Waals surface area (Å²) in [5, 5.41) is 0. The van der Waals surface area contributed by atoms with Gasteiger partial charge in [0.2, 0.25) is 17.7 Å². The van der Waals surface area contributed by atoms with Gasteiger partial charge in [-0.1, -0.05) is 18.2 Å². The molecular weight excluding hydrogens is 344 g/mol. The lowest BCUT2D eigenvalue weighted by molar-refractivity contribution is -0.142. The van der Waals surface area contributed by atoms with Gasteiger partial charge in [-0.05, 0) is 24.5 Å². The van der Waals surface area contributed by atoms with Crippen LogP contribution in [0.15, 0.2) is 24.3 Å². The first kappa shape index (κ1) is 19.4. The predicted octanol–water partition coefficient (Wildman–Crippen LogP) is 0.587. The van der Waals surface area contributed by atoms with Crippen molar-refractivity contribution in [2.45, 2.75) is 25.8 Å². The van der Waals surface area contributed by atoms with E-state index in [9.17, 15) is 14.4 Å². The number of nitrogens with zero attached hydrogens (tertiary/aromatic N) is 4. The van der Waals surface area contributed by atoms with Crippen LogP contribution in [0.3, 0.4) is 0 Å². The van der Waals surface area contributed by atoms with Crippen molar-refractivity contribution in [1.82, 2.24) is 14.7 Å². The molecule has 3 rings (SSSR count). The van der Waals surface area contributed by atoms with Crippen LogP contribution < -0.4 is 4.90 Å². The average molecular weight is 372 g/mol. The number of piperazine rings is 1. The largest absolute Gasteiger partial charge is 0.347 e. The van der Waals surface area contributed by atoms with Gasteiger partial charge >= 0.3 is 0 Å². The number of rotatable bonds is 3. The Kier molecular flexibility index (Phi) is 5.79. The molecule has 146 valence electrons. The van der Waals surface area contributed by atoms with Gasteiger partial charge in [-0.25, -0.2) is 0 Å². The third kappa shape index (κ3) is 4.13. The Bertz CT molecular complexity index is 734. The predicted molar refractivity (Wildman–Crippen MR) is 103 cm³/mol. The molecule has 0 aliphatic carbocycles. The maximum atomic E-state index is 13.1. The Morgan fingerprint density at radius 3 is 2.56 bits per heavy atom. The Morgan fingerprint density at radius 2 is 1.85 bits per heavy atom. The molecule has 1 saturated heterocycles. The van der Waals surface area contributed by atoms with E-state index in [0.717, 1.165) is 18.5 Å². The van der Waals surface area contributed by atoms with Gasteiger partial charge in [0.1, 0.15) is 6.04 Å². The molecule has 3 amide bonds. The highest BCUT2D eigenvalue weighted by Gasteiger charge is 2.36. The molecule has 0 bridgehead atoms. The van der Waals surface area contributed by atoms with E-state index in [1.54, 1.807) is 19.0 Å². The SMILES string of the molecule is CC(=O)N1CCN(CC(=O)N2CCCc3ccccc32)C(C(=O)N(C)C)C1. The van der Waals surface area contributed by atoms with E-state index < -0.39 is 6.04 Å². The molecule has 0 aromatic heterocycles. The van der Waals surface area contributed by atoms with Crippen molar-refractivity contribution in [1.29, 1.82) is 0 Å². The van der Waals surface area contributed by atoms with Crippen LogP contribution in [-0.4, -0.2) is 85.3 Å². The molecule has 2 aliphatic heterocycles. The topological polar surface area (TPSA) is 64.2 Å². The molecule has 7 nitrogen and oxygen atoms in total. The molecule has 0 saturated carbocycles. The first-order valence-electron chi connectivity index (χ1n) is 9.47. The first-order chi connectivity index (χ1) is 12.9. The summed E-state index contributed by atoms with van der Waals surface area (Å²) in [5.41, 5.74) is 2.17. The summed E-state index contributed by atoms with van der Waals surface area (Å²) in [5.74, 6) is -0.106. The van der Waals surface area contributed by atoms with Crippen LogP contribution in [0.25, 0.3) is 0 Å². The van der Waals surface area contributed by atoms with Crippen molar-refractivity contribution >= 4 is 23.4 Å². The highest BCUT2D eigenvalue weighted by molar-refractivity contribution is 5.96. The third-order valence-electron chi connectivity index (χ3n) is 5.41. The number of carbonyl (C=O) groups excluding carboxylic acids is 3. The number of anilines is 1. The smallest absolute Gasteiger partial charge is 0.241 e. The fourth-order valence-electron chi connectivity index (χ4n) is 3.88. The molecular formula is C20H28N4O3. The number of aryl methyl sites for hydroxylation is 1. The Balaban J connectivity index is 1.76. The minimum absolute atomic E-state index is 0.00924. The van der Waals surface area contributed by atoms with Crippen LogP contribution in [0.4, 0.5) is 5.69 Å². The zero-order valence-electron chi connectivity index (χ0n) is 16.4. The van der Waals surface area contributed by atoms with Crippen LogP contribution in [0, 0.1) is 0 Å². The van der Waals surface area contributed by atoms with Crippen LogP contribution in [0.2, 0.25) is 0 Å². The van der Waals surface area contributed by atoms with E-state index in [-0.39, 0.29) is 24.3 Å². The molecule has 2 aliphatic rings. The number of para-hydroxylation sites is 1. The van der Waals surface area contributed by atoms with E-state index in [1.165, 1.54) is 17.4 Å². The van der Waals surface area contributed by atoms with Gasteiger partial charge in [0, 0.05) is 52.9 Å². The zero-order valence-corrected chi connectivity index (χ0v) is 16.4. The van der Waals surface area contributed by atoms with Gasteiger partial charge in [0.15, 0.2) is 0 Å². The number of likely N-dealkylation sites (N-methyl/N-ethyl adjacent to an activating group) is 1. The van der Waals surface area contributed by atoms with Gasteiger partial charge in [-0.2, -0.15) is 0 Å². The lowest BCUT2D eigenvalue weighted by atomic mass is 10.0. The number of fused-ring (bicyclic) bond motifs is 1. The van der Waals surface area contributed by atoms with Crippen LogP contribution in [0.1, 0.15) is 18.9 Å². The number of hydrogen-bond acceptors (Lipinski definition) is 4. The number of amides is 3. The molecule has 1 atom stereocenters. The molecule has 1 unspecified atom stereocenters. The van der Waals surface area contributed by atoms with Crippen molar-refractivity contribution in [3.05, 3.63) is 29.8 Å². The quantitative estimate of drug-likeness (QED) is 0.779. The highest BCUT2D eigenvalue weighted by Crippen LogP contribution is 2.27. The van der Waals surface area contributed by atoms with Gasteiger partial charge < -0.3 is 14.7 Å². The standard InChI is InChI=1S/C20H28N4O3/c1-15(25)22-11-12-23(18(13-22)20(27)21(2)3)14-19(26)24-10-6-8-16-7-4-5-9-17(16)24/h4-5,7,9,18H,6,8,10-14H2,1-3H3. The molecule has 1 fully saturated rings. The summed E-state index contributed by atoms with van der Waals surface area (Å²) < 4.78 is 0. The van der Waals surface area contributed by atoms with Crippen LogP contribution in [0.5, 0.6) is 0 Å². The molecule has 0 spiro atoms. The number of hydrogen-bond donors (Lipinski definition) is 0. The van der Waals surface area contributed by atoms with E-state index in [2.05, 4.69) is 6.07 Å². The molecule has 27 heavy (non-hydrogen) atoms. The first-order valence-corrected chi connectivity index (χ1v) is 9.47. The lowest BCUT2D eigenvalue weighted by Crippen LogP contribution is -2.61. The molecule has 0 N–H and O–H groups in total. The normalized spacial score (nSPS) is 20.2.